The molecule has 92 valence electrons. The van der Waals surface area contributed by atoms with Crippen LogP contribution in [0.5, 0.6) is 0 Å². The molecule has 0 amide bonds. The number of halogens is 1. The summed E-state index contributed by atoms with van der Waals surface area (Å²) in [6, 6.07) is 6.14. The Balaban J connectivity index is 2.35. The molecule has 0 bridgehead atoms. The van der Waals surface area contributed by atoms with Gasteiger partial charge in [0.25, 0.3) is 0 Å². The van der Waals surface area contributed by atoms with Gasteiger partial charge in [-0.1, -0.05) is 17.7 Å². The van der Waals surface area contributed by atoms with E-state index in [9.17, 15) is 12.8 Å². The molecule has 0 aromatic heterocycles. The zero-order valence-corrected chi connectivity index (χ0v) is 10.5. The number of nitrogens with zero attached hydrogens (tertiary/aromatic N) is 1. The molecule has 0 spiro atoms. The van der Waals surface area contributed by atoms with Gasteiger partial charge in [0.1, 0.15) is 5.83 Å². The first-order valence-corrected chi connectivity index (χ1v) is 6.80. The summed E-state index contributed by atoms with van der Waals surface area (Å²) in [6.45, 7) is 3.38. The largest absolute Gasteiger partial charge is 0.243 e. The Kier molecular flexibility index (Phi) is 3.05. The van der Waals surface area contributed by atoms with Crippen LogP contribution >= 0.6 is 0 Å². The molecule has 1 aromatic carbocycles. The summed E-state index contributed by atoms with van der Waals surface area (Å²) in [5.74, 6) is -0.395. The highest BCUT2D eigenvalue weighted by atomic mass is 32.2. The first-order valence-electron chi connectivity index (χ1n) is 5.36. The summed E-state index contributed by atoms with van der Waals surface area (Å²) in [4.78, 5) is 0.207. The van der Waals surface area contributed by atoms with Crippen molar-refractivity contribution >= 4 is 10.0 Å². The van der Waals surface area contributed by atoms with Gasteiger partial charge in [-0.2, -0.15) is 4.31 Å². The second kappa shape index (κ2) is 4.23. The Morgan fingerprint density at radius 3 is 2.35 bits per heavy atom. The highest BCUT2D eigenvalue weighted by Gasteiger charge is 2.33. The van der Waals surface area contributed by atoms with E-state index in [0.717, 1.165) is 9.87 Å². The van der Waals surface area contributed by atoms with Crippen molar-refractivity contribution < 1.29 is 12.8 Å². The molecule has 1 heterocycles. The van der Waals surface area contributed by atoms with Crippen LogP contribution in [-0.2, 0) is 10.0 Å². The Hall–Kier alpha value is -1.20. The first-order chi connectivity index (χ1) is 7.91. The van der Waals surface area contributed by atoms with Crippen LogP contribution in [0.1, 0.15) is 12.5 Å². The second-order valence-corrected chi connectivity index (χ2v) is 6.11. The van der Waals surface area contributed by atoms with E-state index in [-0.39, 0.29) is 11.4 Å². The Labute approximate surface area is 101 Å². The van der Waals surface area contributed by atoms with E-state index < -0.39 is 21.9 Å². The van der Waals surface area contributed by atoms with Crippen LogP contribution < -0.4 is 0 Å². The minimum atomic E-state index is -3.60. The number of rotatable bonds is 2. The standard InChI is InChI=1S/C12H14FNO2S/c1-9-3-5-12(6-4-9)17(15,16)14-8-11(13)7-10(14)2/h3-7,10H,8H2,1-2H3. The molecule has 1 unspecified atom stereocenters. The van der Waals surface area contributed by atoms with Gasteiger partial charge in [0.05, 0.1) is 11.4 Å². The molecule has 3 nitrogen and oxygen atoms in total. The highest BCUT2D eigenvalue weighted by Crippen LogP contribution is 2.25. The lowest BCUT2D eigenvalue weighted by Gasteiger charge is -2.20. The minimum absolute atomic E-state index is 0.169. The van der Waals surface area contributed by atoms with Crippen molar-refractivity contribution in [2.75, 3.05) is 6.54 Å². The van der Waals surface area contributed by atoms with E-state index in [1.54, 1.807) is 31.2 Å². The molecule has 1 aromatic rings. The lowest BCUT2D eigenvalue weighted by molar-refractivity contribution is 0.411. The van der Waals surface area contributed by atoms with E-state index in [4.69, 9.17) is 0 Å². The number of sulfonamides is 1. The van der Waals surface area contributed by atoms with Crippen molar-refractivity contribution in [2.24, 2.45) is 0 Å². The molecule has 0 radical (unpaired) electrons. The molecule has 2 rings (SSSR count). The summed E-state index contributed by atoms with van der Waals surface area (Å²) in [5, 5.41) is 0. The second-order valence-electron chi connectivity index (χ2n) is 4.22. The third kappa shape index (κ3) is 2.25. The molecular weight excluding hydrogens is 241 g/mol. The average Bonchev–Trinajstić information content (AvgIpc) is 2.59. The molecule has 0 N–H and O–H groups in total. The Morgan fingerprint density at radius 2 is 1.88 bits per heavy atom. The summed E-state index contributed by atoms with van der Waals surface area (Å²) >= 11 is 0. The number of hydrogen-bond donors (Lipinski definition) is 0. The molecule has 1 atom stereocenters. The van der Waals surface area contributed by atoms with Crippen LogP contribution in [0.4, 0.5) is 4.39 Å². The van der Waals surface area contributed by atoms with Gasteiger partial charge in [-0.05, 0) is 32.1 Å². The summed E-state index contributed by atoms with van der Waals surface area (Å²) in [6.07, 6.45) is 1.33. The first kappa shape index (κ1) is 12.3. The van der Waals surface area contributed by atoms with Gasteiger partial charge < -0.3 is 0 Å². The fourth-order valence-corrected chi connectivity index (χ4v) is 3.38. The molecule has 0 aliphatic carbocycles. The molecule has 1 aliphatic rings. The molecule has 0 saturated carbocycles. The van der Waals surface area contributed by atoms with Crippen molar-refractivity contribution in [1.82, 2.24) is 4.31 Å². The molecule has 5 heteroatoms. The third-order valence-electron chi connectivity index (χ3n) is 2.81. The molecule has 0 saturated heterocycles. The molecule has 17 heavy (non-hydrogen) atoms. The zero-order valence-electron chi connectivity index (χ0n) is 9.72. The minimum Gasteiger partial charge on any atom is -0.211 e. The maximum atomic E-state index is 13.1. The highest BCUT2D eigenvalue weighted by molar-refractivity contribution is 7.89. The van der Waals surface area contributed by atoms with Gasteiger partial charge in [-0.15, -0.1) is 0 Å². The normalized spacial score (nSPS) is 21.6. The van der Waals surface area contributed by atoms with Gasteiger partial charge in [0.15, 0.2) is 0 Å². The third-order valence-corrected chi connectivity index (χ3v) is 4.76. The van der Waals surface area contributed by atoms with Gasteiger partial charge >= 0.3 is 0 Å². The van der Waals surface area contributed by atoms with E-state index in [2.05, 4.69) is 0 Å². The van der Waals surface area contributed by atoms with Crippen molar-refractivity contribution in [3.05, 3.63) is 41.7 Å². The van der Waals surface area contributed by atoms with Crippen LogP contribution in [-0.4, -0.2) is 25.3 Å². The van der Waals surface area contributed by atoms with Gasteiger partial charge in [-0.3, -0.25) is 0 Å². The smallest absolute Gasteiger partial charge is 0.211 e. The van der Waals surface area contributed by atoms with Crippen LogP contribution in [0.2, 0.25) is 0 Å². The average molecular weight is 255 g/mol. The van der Waals surface area contributed by atoms with Crippen molar-refractivity contribution in [3.8, 4) is 0 Å². The topological polar surface area (TPSA) is 37.4 Å². The monoisotopic (exact) mass is 255 g/mol. The van der Waals surface area contributed by atoms with Crippen molar-refractivity contribution in [2.45, 2.75) is 24.8 Å². The van der Waals surface area contributed by atoms with Crippen LogP contribution in [0, 0.1) is 6.92 Å². The molecule has 1 aliphatic heterocycles. The van der Waals surface area contributed by atoms with E-state index in [1.807, 2.05) is 6.92 Å². The maximum Gasteiger partial charge on any atom is 0.243 e. The predicted molar refractivity (Wildman–Crippen MR) is 63.7 cm³/mol. The van der Waals surface area contributed by atoms with E-state index in [1.165, 1.54) is 6.08 Å². The van der Waals surface area contributed by atoms with Crippen LogP contribution in [0.25, 0.3) is 0 Å². The SMILES string of the molecule is Cc1ccc(S(=O)(=O)N2CC(F)=CC2C)cc1. The summed E-state index contributed by atoms with van der Waals surface area (Å²) in [7, 11) is -3.60. The fourth-order valence-electron chi connectivity index (χ4n) is 1.84. The lowest BCUT2D eigenvalue weighted by atomic mass is 10.2. The van der Waals surface area contributed by atoms with E-state index in [0.29, 0.717) is 0 Å². The van der Waals surface area contributed by atoms with Gasteiger partial charge in [-0.25, -0.2) is 12.8 Å². The van der Waals surface area contributed by atoms with Gasteiger partial charge in [0.2, 0.25) is 10.0 Å². The molecular formula is C12H14FNO2S. The van der Waals surface area contributed by atoms with Gasteiger partial charge in [0, 0.05) is 6.04 Å². The lowest BCUT2D eigenvalue weighted by Crippen LogP contribution is -2.34. The molecule has 0 fully saturated rings. The van der Waals surface area contributed by atoms with Crippen molar-refractivity contribution in [3.63, 3.8) is 0 Å². The number of benzene rings is 1. The quantitative estimate of drug-likeness (QED) is 0.812. The predicted octanol–water partition coefficient (Wildman–Crippen LogP) is 2.24. The van der Waals surface area contributed by atoms with E-state index >= 15 is 0 Å². The fraction of sp³-hybridized carbons (Fsp3) is 0.333. The Morgan fingerprint density at radius 1 is 1.29 bits per heavy atom. The maximum absolute atomic E-state index is 13.1. The summed E-state index contributed by atoms with van der Waals surface area (Å²) < 4.78 is 38.7. The summed E-state index contributed by atoms with van der Waals surface area (Å²) in [5.41, 5.74) is 0.989. The number of aryl methyl sites for hydroxylation is 1. The van der Waals surface area contributed by atoms with Crippen molar-refractivity contribution in [1.29, 1.82) is 0 Å². The number of hydrogen-bond acceptors (Lipinski definition) is 2. The zero-order chi connectivity index (χ0) is 12.6. The van der Waals surface area contributed by atoms with Crippen LogP contribution in [0.3, 0.4) is 0 Å². The Bertz CT molecular complexity index is 548. The van der Waals surface area contributed by atoms with Crippen LogP contribution in [0.15, 0.2) is 41.1 Å².